The summed E-state index contributed by atoms with van der Waals surface area (Å²) >= 11 is 0. The van der Waals surface area contributed by atoms with Gasteiger partial charge >= 0.3 is 0 Å². The molecule has 172 valence electrons. The molecule has 2 heterocycles. The van der Waals surface area contributed by atoms with E-state index in [-0.39, 0.29) is 18.4 Å². The smallest absolute Gasteiger partial charge is 0.261 e. The Hall–Kier alpha value is -4.46. The molecule has 0 saturated carbocycles. The van der Waals surface area contributed by atoms with Crippen LogP contribution in [0.15, 0.2) is 83.5 Å². The first-order valence-electron chi connectivity index (χ1n) is 10.8. The van der Waals surface area contributed by atoms with E-state index in [2.05, 4.69) is 20.6 Å². The third-order valence-corrected chi connectivity index (χ3v) is 5.08. The monoisotopic (exact) mass is 456 g/mol. The molecule has 0 saturated heterocycles. The Labute approximate surface area is 197 Å². The zero-order valence-electron chi connectivity index (χ0n) is 18.8. The quantitative estimate of drug-likeness (QED) is 0.408. The van der Waals surface area contributed by atoms with Gasteiger partial charge in [-0.2, -0.15) is 0 Å². The van der Waals surface area contributed by atoms with Crippen LogP contribution in [0.3, 0.4) is 0 Å². The number of aryl methyl sites for hydroxylation is 1. The molecule has 2 N–H and O–H groups in total. The summed E-state index contributed by atoms with van der Waals surface area (Å²) in [7, 11) is 0. The molecule has 1 unspecified atom stereocenters. The highest BCUT2D eigenvalue weighted by atomic mass is 16.5. The summed E-state index contributed by atoms with van der Waals surface area (Å²) in [6.07, 6.45) is 2.43. The molecule has 0 spiro atoms. The van der Waals surface area contributed by atoms with E-state index in [4.69, 9.17) is 9.15 Å². The highest BCUT2D eigenvalue weighted by molar-refractivity contribution is 6.05. The van der Waals surface area contributed by atoms with Crippen LogP contribution in [0.5, 0.6) is 5.75 Å². The van der Waals surface area contributed by atoms with E-state index >= 15 is 0 Å². The van der Waals surface area contributed by atoms with Gasteiger partial charge in [-0.05, 0) is 50.2 Å². The number of nitrogens with one attached hydrogen (secondary N) is 2. The Morgan fingerprint density at radius 3 is 2.56 bits per heavy atom. The lowest BCUT2D eigenvalue weighted by atomic mass is 10.1. The lowest BCUT2D eigenvalue weighted by Gasteiger charge is -2.14. The van der Waals surface area contributed by atoms with Gasteiger partial charge in [0.15, 0.2) is 6.10 Å². The Morgan fingerprint density at radius 1 is 1.03 bits per heavy atom. The molecule has 0 aliphatic carbocycles. The number of hydrogen-bond acceptors (Lipinski definition) is 6. The number of anilines is 1. The standard InChI is InChI=1S/C26H24N4O4/c1-17-23(16-28-24(31)18(2)33-20-10-4-3-5-11-20)30-26(34-17)21-12-6-7-13-22(21)29-25(32)19-9-8-14-27-15-19/h3-15,18H,16H2,1-2H3,(H,28,31)(H,29,32). The van der Waals surface area contributed by atoms with Crippen molar-refractivity contribution in [2.45, 2.75) is 26.5 Å². The average molecular weight is 457 g/mol. The van der Waals surface area contributed by atoms with E-state index in [1.807, 2.05) is 36.4 Å². The fourth-order valence-corrected chi connectivity index (χ4v) is 3.25. The molecule has 4 rings (SSSR count). The number of pyridine rings is 1. The summed E-state index contributed by atoms with van der Waals surface area (Å²) in [4.78, 5) is 33.6. The lowest BCUT2D eigenvalue weighted by Crippen LogP contribution is -2.36. The van der Waals surface area contributed by atoms with Crippen molar-refractivity contribution in [2.24, 2.45) is 0 Å². The molecule has 0 bridgehead atoms. The van der Waals surface area contributed by atoms with E-state index < -0.39 is 6.10 Å². The lowest BCUT2D eigenvalue weighted by molar-refractivity contribution is -0.127. The Kier molecular flexibility index (Phi) is 6.98. The molecular weight excluding hydrogens is 432 g/mol. The number of nitrogens with zero attached hydrogens (tertiary/aromatic N) is 2. The molecule has 1 atom stereocenters. The second-order valence-corrected chi connectivity index (χ2v) is 7.55. The summed E-state index contributed by atoms with van der Waals surface area (Å²) in [6, 6.07) is 19.8. The molecule has 34 heavy (non-hydrogen) atoms. The summed E-state index contributed by atoms with van der Waals surface area (Å²) in [5.74, 6) is 0.980. The maximum Gasteiger partial charge on any atom is 0.261 e. The van der Waals surface area contributed by atoms with Crippen molar-refractivity contribution in [1.82, 2.24) is 15.3 Å². The molecule has 0 fully saturated rings. The SMILES string of the molecule is Cc1oc(-c2ccccc2NC(=O)c2cccnc2)nc1CNC(=O)C(C)Oc1ccccc1. The largest absolute Gasteiger partial charge is 0.481 e. The zero-order valence-corrected chi connectivity index (χ0v) is 18.8. The van der Waals surface area contributed by atoms with Crippen LogP contribution in [-0.2, 0) is 11.3 Å². The number of aromatic nitrogens is 2. The van der Waals surface area contributed by atoms with E-state index in [0.29, 0.717) is 39.9 Å². The number of rotatable bonds is 8. The van der Waals surface area contributed by atoms with Gasteiger partial charge in [-0.3, -0.25) is 14.6 Å². The predicted molar refractivity (Wildman–Crippen MR) is 127 cm³/mol. The van der Waals surface area contributed by atoms with Gasteiger partial charge < -0.3 is 19.8 Å². The van der Waals surface area contributed by atoms with Gasteiger partial charge in [-0.1, -0.05) is 30.3 Å². The first-order valence-corrected chi connectivity index (χ1v) is 10.8. The molecule has 8 heteroatoms. The van der Waals surface area contributed by atoms with Crippen LogP contribution in [0.4, 0.5) is 5.69 Å². The summed E-state index contributed by atoms with van der Waals surface area (Å²) < 4.78 is 11.5. The number of oxazole rings is 1. The second kappa shape index (κ2) is 10.4. The fourth-order valence-electron chi connectivity index (χ4n) is 3.25. The van der Waals surface area contributed by atoms with Crippen LogP contribution in [0.1, 0.15) is 28.7 Å². The van der Waals surface area contributed by atoms with Gasteiger partial charge in [-0.25, -0.2) is 4.98 Å². The average Bonchev–Trinajstić information content (AvgIpc) is 3.24. The van der Waals surface area contributed by atoms with Crippen LogP contribution >= 0.6 is 0 Å². The summed E-state index contributed by atoms with van der Waals surface area (Å²) in [5, 5.41) is 5.71. The molecule has 2 aromatic heterocycles. The number of hydrogen-bond donors (Lipinski definition) is 2. The minimum absolute atomic E-state index is 0.181. The molecule has 2 amide bonds. The van der Waals surface area contributed by atoms with Crippen LogP contribution in [0.2, 0.25) is 0 Å². The Morgan fingerprint density at radius 2 is 1.79 bits per heavy atom. The van der Waals surface area contributed by atoms with Crippen molar-refractivity contribution >= 4 is 17.5 Å². The molecular formula is C26H24N4O4. The number of benzene rings is 2. The summed E-state index contributed by atoms with van der Waals surface area (Å²) in [5.41, 5.74) is 2.21. The third-order valence-electron chi connectivity index (χ3n) is 5.08. The highest BCUT2D eigenvalue weighted by Gasteiger charge is 2.19. The first kappa shape index (κ1) is 22.7. The topological polar surface area (TPSA) is 106 Å². The fraction of sp³-hybridized carbons (Fsp3) is 0.154. The molecule has 0 radical (unpaired) electrons. The minimum Gasteiger partial charge on any atom is -0.481 e. The highest BCUT2D eigenvalue weighted by Crippen LogP contribution is 2.29. The van der Waals surface area contributed by atoms with Crippen LogP contribution in [0, 0.1) is 6.92 Å². The molecule has 8 nitrogen and oxygen atoms in total. The summed E-state index contributed by atoms with van der Waals surface area (Å²) in [6.45, 7) is 3.64. The first-order chi connectivity index (χ1) is 16.5. The maximum absolute atomic E-state index is 12.6. The van der Waals surface area contributed by atoms with Crippen LogP contribution < -0.4 is 15.4 Å². The van der Waals surface area contributed by atoms with Crippen molar-refractivity contribution in [2.75, 3.05) is 5.32 Å². The van der Waals surface area contributed by atoms with Gasteiger partial charge in [0.2, 0.25) is 5.89 Å². The van der Waals surface area contributed by atoms with E-state index in [1.54, 1.807) is 50.4 Å². The number of carbonyl (C=O) groups is 2. The minimum atomic E-state index is -0.669. The van der Waals surface area contributed by atoms with Gasteiger partial charge in [0.25, 0.3) is 11.8 Å². The molecule has 0 aliphatic heterocycles. The second-order valence-electron chi connectivity index (χ2n) is 7.55. The van der Waals surface area contributed by atoms with E-state index in [0.717, 1.165) is 0 Å². The number of carbonyl (C=O) groups excluding carboxylic acids is 2. The molecule has 2 aromatic carbocycles. The van der Waals surface area contributed by atoms with E-state index in [9.17, 15) is 9.59 Å². The zero-order chi connectivity index (χ0) is 23.9. The van der Waals surface area contributed by atoms with Crippen molar-refractivity contribution in [3.05, 3.63) is 96.1 Å². The molecule has 4 aromatic rings. The van der Waals surface area contributed by atoms with Gasteiger partial charge in [-0.15, -0.1) is 0 Å². The van der Waals surface area contributed by atoms with Crippen molar-refractivity contribution in [3.63, 3.8) is 0 Å². The number of ether oxygens (including phenoxy) is 1. The predicted octanol–water partition coefficient (Wildman–Crippen LogP) is 4.38. The van der Waals surface area contributed by atoms with Crippen LogP contribution in [-0.4, -0.2) is 27.9 Å². The van der Waals surface area contributed by atoms with Gasteiger partial charge in [0.05, 0.1) is 23.4 Å². The van der Waals surface area contributed by atoms with E-state index in [1.165, 1.54) is 6.20 Å². The number of para-hydroxylation sites is 2. The van der Waals surface area contributed by atoms with Crippen molar-refractivity contribution < 1.29 is 18.7 Å². The maximum atomic E-state index is 12.6. The van der Waals surface area contributed by atoms with Crippen molar-refractivity contribution in [3.8, 4) is 17.2 Å². The van der Waals surface area contributed by atoms with Crippen molar-refractivity contribution in [1.29, 1.82) is 0 Å². The number of amides is 2. The Bertz CT molecular complexity index is 1270. The van der Waals surface area contributed by atoms with Gasteiger partial charge in [0, 0.05) is 12.4 Å². The normalized spacial score (nSPS) is 11.5. The molecule has 0 aliphatic rings. The van der Waals surface area contributed by atoms with Crippen LogP contribution in [0.25, 0.3) is 11.5 Å². The Balaban J connectivity index is 1.44. The van der Waals surface area contributed by atoms with Gasteiger partial charge in [0.1, 0.15) is 17.2 Å². The third kappa shape index (κ3) is 5.47.